The van der Waals surface area contributed by atoms with E-state index in [9.17, 15) is 4.79 Å². The summed E-state index contributed by atoms with van der Waals surface area (Å²) in [6.07, 6.45) is 0. The maximum atomic E-state index is 12.1. The minimum absolute atomic E-state index is 0.0377. The molecule has 1 N–H and O–H groups in total. The molecule has 0 aliphatic carbocycles. The lowest BCUT2D eigenvalue weighted by molar-refractivity contribution is 0.0951. The summed E-state index contributed by atoms with van der Waals surface area (Å²) in [6.45, 7) is 4.88. The molecular formula is C17H18BrNOS. The second-order valence-corrected chi connectivity index (χ2v) is 8.06. The summed E-state index contributed by atoms with van der Waals surface area (Å²) in [4.78, 5) is 13.3. The van der Waals surface area contributed by atoms with Crippen LogP contribution in [0.15, 0.2) is 64.0 Å². The molecular weight excluding hydrogens is 346 g/mol. The first-order valence-electron chi connectivity index (χ1n) is 6.74. The molecule has 0 saturated carbocycles. The fraction of sp³-hybridized carbons (Fsp3) is 0.235. The smallest absolute Gasteiger partial charge is 0.251 e. The van der Waals surface area contributed by atoms with Crippen molar-refractivity contribution in [2.45, 2.75) is 23.5 Å². The molecule has 4 heteroatoms. The van der Waals surface area contributed by atoms with E-state index in [-0.39, 0.29) is 10.7 Å². The normalized spacial score (nSPS) is 11.2. The molecule has 0 radical (unpaired) electrons. The van der Waals surface area contributed by atoms with E-state index in [4.69, 9.17) is 0 Å². The zero-order chi connectivity index (χ0) is 15.3. The van der Waals surface area contributed by atoms with Crippen molar-refractivity contribution in [2.24, 2.45) is 0 Å². The Kier molecular flexibility index (Phi) is 5.48. The third kappa shape index (κ3) is 5.21. The number of amides is 1. The number of benzene rings is 2. The SMILES string of the molecule is CC(C)(CNC(=O)c1ccc(Br)cc1)Sc1ccccc1. The molecule has 0 aromatic heterocycles. The number of rotatable bonds is 5. The summed E-state index contributed by atoms with van der Waals surface area (Å²) in [5.41, 5.74) is 0.679. The van der Waals surface area contributed by atoms with Crippen molar-refractivity contribution >= 4 is 33.6 Å². The minimum Gasteiger partial charge on any atom is -0.351 e. The Morgan fingerprint density at radius 3 is 2.33 bits per heavy atom. The van der Waals surface area contributed by atoms with Gasteiger partial charge in [0.25, 0.3) is 5.91 Å². The van der Waals surface area contributed by atoms with E-state index < -0.39 is 0 Å². The van der Waals surface area contributed by atoms with Crippen LogP contribution in [-0.4, -0.2) is 17.2 Å². The molecule has 2 aromatic rings. The minimum atomic E-state index is -0.0631. The number of hydrogen-bond donors (Lipinski definition) is 1. The highest BCUT2D eigenvalue weighted by atomic mass is 79.9. The molecule has 0 unspecified atom stereocenters. The van der Waals surface area contributed by atoms with Crippen LogP contribution in [0.25, 0.3) is 0 Å². The number of nitrogens with one attached hydrogen (secondary N) is 1. The fourth-order valence-electron chi connectivity index (χ4n) is 1.84. The van der Waals surface area contributed by atoms with Gasteiger partial charge in [0.2, 0.25) is 0 Å². The molecule has 0 bridgehead atoms. The van der Waals surface area contributed by atoms with Crippen LogP contribution in [0.4, 0.5) is 0 Å². The van der Waals surface area contributed by atoms with Crippen LogP contribution in [0.3, 0.4) is 0 Å². The Balaban J connectivity index is 1.92. The Bertz CT molecular complexity index is 596. The van der Waals surface area contributed by atoms with Gasteiger partial charge in [0, 0.05) is 26.2 Å². The molecule has 0 heterocycles. The van der Waals surface area contributed by atoms with Gasteiger partial charge in [-0.15, -0.1) is 11.8 Å². The van der Waals surface area contributed by atoms with E-state index in [1.165, 1.54) is 4.90 Å². The first-order valence-corrected chi connectivity index (χ1v) is 8.35. The highest BCUT2D eigenvalue weighted by molar-refractivity contribution is 9.10. The van der Waals surface area contributed by atoms with Crippen LogP contribution in [0.5, 0.6) is 0 Å². The van der Waals surface area contributed by atoms with Gasteiger partial charge in [-0.25, -0.2) is 0 Å². The fourth-order valence-corrected chi connectivity index (χ4v) is 3.18. The Morgan fingerprint density at radius 1 is 1.10 bits per heavy atom. The highest BCUT2D eigenvalue weighted by Gasteiger charge is 2.20. The molecule has 2 aromatic carbocycles. The first-order chi connectivity index (χ1) is 9.96. The summed E-state index contributed by atoms with van der Waals surface area (Å²) < 4.78 is 0.908. The van der Waals surface area contributed by atoms with E-state index in [1.54, 1.807) is 11.8 Å². The van der Waals surface area contributed by atoms with Gasteiger partial charge in [0.05, 0.1) is 0 Å². The summed E-state index contributed by atoms with van der Waals surface area (Å²) >= 11 is 5.13. The standard InChI is InChI=1S/C17H18BrNOS/c1-17(2,21-15-6-4-3-5-7-15)12-19-16(20)13-8-10-14(18)11-9-13/h3-11H,12H2,1-2H3,(H,19,20). The molecule has 0 atom stereocenters. The maximum absolute atomic E-state index is 12.1. The van der Waals surface area contributed by atoms with Crippen molar-refractivity contribution in [1.29, 1.82) is 0 Å². The van der Waals surface area contributed by atoms with E-state index >= 15 is 0 Å². The van der Waals surface area contributed by atoms with Crippen molar-refractivity contribution in [2.75, 3.05) is 6.54 Å². The summed E-state index contributed by atoms with van der Waals surface area (Å²) in [5, 5.41) is 3.00. The number of halogens is 1. The topological polar surface area (TPSA) is 29.1 Å². The third-order valence-corrected chi connectivity index (χ3v) is 4.65. The largest absolute Gasteiger partial charge is 0.351 e. The van der Waals surface area contributed by atoms with Crippen molar-refractivity contribution < 1.29 is 4.79 Å². The van der Waals surface area contributed by atoms with Crippen LogP contribution in [0.1, 0.15) is 24.2 Å². The molecule has 0 fully saturated rings. The maximum Gasteiger partial charge on any atom is 0.251 e. The second-order valence-electron chi connectivity index (χ2n) is 5.36. The van der Waals surface area contributed by atoms with Crippen molar-refractivity contribution in [3.05, 3.63) is 64.6 Å². The number of carbonyl (C=O) groups is 1. The molecule has 0 aliphatic heterocycles. The number of carbonyl (C=O) groups excluding carboxylic acids is 1. The Hall–Kier alpha value is -1.26. The number of hydrogen-bond acceptors (Lipinski definition) is 2. The average molecular weight is 364 g/mol. The van der Waals surface area contributed by atoms with E-state index in [2.05, 4.69) is 47.2 Å². The van der Waals surface area contributed by atoms with Gasteiger partial charge in [0.15, 0.2) is 0 Å². The van der Waals surface area contributed by atoms with E-state index in [1.807, 2.05) is 42.5 Å². The van der Waals surface area contributed by atoms with Gasteiger partial charge in [-0.2, -0.15) is 0 Å². The van der Waals surface area contributed by atoms with Gasteiger partial charge < -0.3 is 5.32 Å². The van der Waals surface area contributed by atoms with E-state index in [0.717, 1.165) is 4.47 Å². The predicted molar refractivity (Wildman–Crippen MR) is 92.9 cm³/mol. The van der Waals surface area contributed by atoms with Gasteiger partial charge in [-0.05, 0) is 50.2 Å². The lowest BCUT2D eigenvalue weighted by atomic mass is 10.2. The zero-order valence-electron chi connectivity index (χ0n) is 12.1. The quantitative estimate of drug-likeness (QED) is 0.776. The average Bonchev–Trinajstić information content (AvgIpc) is 2.46. The lowest BCUT2D eigenvalue weighted by Crippen LogP contribution is -2.36. The number of thioether (sulfide) groups is 1. The monoisotopic (exact) mass is 363 g/mol. The van der Waals surface area contributed by atoms with Crippen LogP contribution in [0, 0.1) is 0 Å². The molecule has 0 spiro atoms. The predicted octanol–water partition coefficient (Wildman–Crippen LogP) is 4.75. The van der Waals surface area contributed by atoms with Crippen molar-refractivity contribution in [1.82, 2.24) is 5.32 Å². The van der Waals surface area contributed by atoms with Gasteiger partial charge in [-0.3, -0.25) is 4.79 Å². The molecule has 2 rings (SSSR count). The summed E-state index contributed by atoms with van der Waals surface area (Å²) in [7, 11) is 0. The van der Waals surface area contributed by atoms with Crippen LogP contribution in [0.2, 0.25) is 0 Å². The highest BCUT2D eigenvalue weighted by Crippen LogP contribution is 2.31. The summed E-state index contributed by atoms with van der Waals surface area (Å²) in [6, 6.07) is 17.6. The van der Waals surface area contributed by atoms with Crippen LogP contribution >= 0.6 is 27.7 Å². The molecule has 110 valence electrons. The van der Waals surface area contributed by atoms with Gasteiger partial charge >= 0.3 is 0 Å². The molecule has 0 saturated heterocycles. The van der Waals surface area contributed by atoms with Crippen LogP contribution in [-0.2, 0) is 0 Å². The third-order valence-electron chi connectivity index (χ3n) is 2.92. The van der Waals surface area contributed by atoms with Crippen molar-refractivity contribution in [3.8, 4) is 0 Å². The summed E-state index contributed by atoms with van der Waals surface area (Å²) in [5.74, 6) is -0.0377. The van der Waals surface area contributed by atoms with Crippen LogP contribution < -0.4 is 5.32 Å². The Morgan fingerprint density at radius 2 is 1.71 bits per heavy atom. The molecule has 21 heavy (non-hydrogen) atoms. The van der Waals surface area contributed by atoms with Gasteiger partial charge in [0.1, 0.15) is 0 Å². The molecule has 2 nitrogen and oxygen atoms in total. The Labute approximate surface area is 138 Å². The van der Waals surface area contributed by atoms with Crippen molar-refractivity contribution in [3.63, 3.8) is 0 Å². The van der Waals surface area contributed by atoms with E-state index in [0.29, 0.717) is 12.1 Å². The first kappa shape index (κ1) is 16.1. The zero-order valence-corrected chi connectivity index (χ0v) is 14.5. The molecule has 1 amide bonds. The second kappa shape index (κ2) is 7.14. The molecule has 0 aliphatic rings. The lowest BCUT2D eigenvalue weighted by Gasteiger charge is -2.24. The van der Waals surface area contributed by atoms with Gasteiger partial charge in [-0.1, -0.05) is 34.1 Å².